The summed E-state index contributed by atoms with van der Waals surface area (Å²) in [4.78, 5) is 29.6. The molecule has 0 aliphatic carbocycles. The average Bonchev–Trinajstić information content (AvgIpc) is 3.65. The highest BCUT2D eigenvalue weighted by Crippen LogP contribution is 2.48. The van der Waals surface area contributed by atoms with Crippen molar-refractivity contribution >= 4 is 17.6 Å². The van der Waals surface area contributed by atoms with E-state index in [4.69, 9.17) is 18.9 Å². The molecule has 0 spiro atoms. The molecule has 8 nitrogen and oxygen atoms in total. The van der Waals surface area contributed by atoms with Gasteiger partial charge in [-0.2, -0.15) is 0 Å². The Kier molecular flexibility index (Phi) is 9.56. The first-order chi connectivity index (χ1) is 20.9. The first kappa shape index (κ1) is 30.4. The van der Waals surface area contributed by atoms with Crippen LogP contribution in [0.4, 0.5) is 5.69 Å². The van der Waals surface area contributed by atoms with Crippen molar-refractivity contribution in [1.82, 2.24) is 4.90 Å². The number of fused-ring (bicyclic) bond motifs is 1. The minimum Gasteiger partial charge on any atom is -0.497 e. The Bertz CT molecular complexity index is 1430. The first-order valence-corrected chi connectivity index (χ1v) is 15.3. The zero-order chi connectivity index (χ0) is 30.5. The van der Waals surface area contributed by atoms with E-state index in [1.165, 1.54) is 5.56 Å². The molecule has 0 saturated carbocycles. The Balaban J connectivity index is 1.51. The molecule has 2 aliphatic heterocycles. The van der Waals surface area contributed by atoms with E-state index in [1.807, 2.05) is 49.4 Å². The number of nitrogens with one attached hydrogen (secondary N) is 1. The fourth-order valence-electron chi connectivity index (χ4n) is 6.42. The number of ether oxygens (including phenoxy) is 4. The van der Waals surface area contributed by atoms with Crippen molar-refractivity contribution in [2.45, 2.75) is 58.9 Å². The summed E-state index contributed by atoms with van der Waals surface area (Å²) < 4.78 is 22.3. The summed E-state index contributed by atoms with van der Waals surface area (Å²) in [6.07, 6.45) is 2.60. The molecule has 3 unspecified atom stereocenters. The molecule has 228 valence electrons. The number of aryl methyl sites for hydroxylation is 3. The number of nitrogens with zero attached hydrogens (tertiary/aromatic N) is 1. The molecule has 1 N–H and O–H groups in total. The molecule has 5 rings (SSSR count). The molecule has 8 heteroatoms. The Morgan fingerprint density at radius 1 is 0.884 bits per heavy atom. The lowest BCUT2D eigenvalue weighted by molar-refractivity contribution is -0.149. The number of carbonyl (C=O) groups is 2. The molecular formula is C35H42N2O6. The van der Waals surface area contributed by atoms with Crippen LogP contribution in [0, 0.1) is 5.92 Å². The summed E-state index contributed by atoms with van der Waals surface area (Å²) in [5.74, 6) is 0.904. The predicted octanol–water partition coefficient (Wildman–Crippen LogP) is 6.07. The van der Waals surface area contributed by atoms with E-state index in [9.17, 15) is 9.59 Å². The molecule has 3 aromatic rings. The van der Waals surface area contributed by atoms with Crippen molar-refractivity contribution in [3.8, 4) is 17.2 Å². The van der Waals surface area contributed by atoms with E-state index in [0.717, 1.165) is 53.0 Å². The second-order valence-electron chi connectivity index (χ2n) is 11.0. The number of likely N-dealkylation sites (tertiary alicyclic amines) is 1. The van der Waals surface area contributed by atoms with Gasteiger partial charge in [-0.1, -0.05) is 51.1 Å². The van der Waals surface area contributed by atoms with Crippen LogP contribution in [0.3, 0.4) is 0 Å². The largest absolute Gasteiger partial charge is 0.497 e. The number of carbonyl (C=O) groups excluding carboxylic acids is 2. The quantitative estimate of drug-likeness (QED) is 0.273. The molecule has 43 heavy (non-hydrogen) atoms. The molecule has 1 amide bonds. The molecule has 3 atom stereocenters. The Hall–Kier alpha value is -4.04. The highest BCUT2D eigenvalue weighted by molar-refractivity contribution is 5.94. The molecular weight excluding hydrogens is 544 g/mol. The van der Waals surface area contributed by atoms with Gasteiger partial charge < -0.3 is 24.3 Å². The maximum Gasteiger partial charge on any atom is 0.311 e. The van der Waals surface area contributed by atoms with Gasteiger partial charge in [-0.25, -0.2) is 0 Å². The van der Waals surface area contributed by atoms with E-state index in [2.05, 4.69) is 43.1 Å². The van der Waals surface area contributed by atoms with Gasteiger partial charge in [0.2, 0.25) is 12.7 Å². The minimum absolute atomic E-state index is 0.110. The van der Waals surface area contributed by atoms with Gasteiger partial charge >= 0.3 is 5.97 Å². The number of amides is 1. The summed E-state index contributed by atoms with van der Waals surface area (Å²) >= 11 is 0. The van der Waals surface area contributed by atoms with Crippen LogP contribution in [0.2, 0.25) is 0 Å². The molecule has 0 aromatic heterocycles. The van der Waals surface area contributed by atoms with Crippen LogP contribution in [0.1, 0.15) is 67.5 Å². The zero-order valence-electron chi connectivity index (χ0n) is 25.8. The molecule has 2 heterocycles. The van der Waals surface area contributed by atoms with E-state index in [0.29, 0.717) is 18.0 Å². The summed E-state index contributed by atoms with van der Waals surface area (Å²) in [5, 5.41) is 3.25. The minimum atomic E-state index is -0.539. The normalized spacial score (nSPS) is 19.3. The SMILES string of the molecule is CCOC(=O)C1C(c2ccc3c(c2)OCO3)CN(CC(=O)Nc2c(CC)cc(CC)cc2CC)C1c1ccc(OC)cc1. The van der Waals surface area contributed by atoms with E-state index in [1.54, 1.807) is 7.11 Å². The highest BCUT2D eigenvalue weighted by atomic mass is 16.7. The molecule has 3 aromatic carbocycles. The van der Waals surface area contributed by atoms with Crippen LogP contribution in [-0.4, -0.2) is 50.4 Å². The van der Waals surface area contributed by atoms with Crippen LogP contribution in [0.25, 0.3) is 0 Å². The number of esters is 1. The number of methoxy groups -OCH3 is 1. The second kappa shape index (κ2) is 13.5. The summed E-state index contributed by atoms with van der Waals surface area (Å²) in [5.41, 5.74) is 6.32. The number of hydrogen-bond donors (Lipinski definition) is 1. The van der Waals surface area contributed by atoms with Crippen molar-refractivity contribution in [3.63, 3.8) is 0 Å². The third kappa shape index (κ3) is 6.34. The lowest BCUT2D eigenvalue weighted by Gasteiger charge is -2.28. The Labute approximate surface area is 254 Å². The third-order valence-electron chi connectivity index (χ3n) is 8.58. The van der Waals surface area contributed by atoms with Crippen LogP contribution in [0.5, 0.6) is 17.2 Å². The molecule has 1 saturated heterocycles. The Morgan fingerprint density at radius 3 is 2.19 bits per heavy atom. The highest BCUT2D eigenvalue weighted by Gasteiger charge is 2.48. The fourth-order valence-corrected chi connectivity index (χ4v) is 6.42. The van der Waals surface area contributed by atoms with Gasteiger partial charge in [-0.3, -0.25) is 14.5 Å². The number of anilines is 1. The first-order valence-electron chi connectivity index (χ1n) is 15.3. The predicted molar refractivity (Wildman–Crippen MR) is 166 cm³/mol. The maximum absolute atomic E-state index is 13.8. The lowest BCUT2D eigenvalue weighted by atomic mass is 9.82. The van der Waals surface area contributed by atoms with Gasteiger partial charge in [0.05, 0.1) is 26.2 Å². The summed E-state index contributed by atoms with van der Waals surface area (Å²) in [6, 6.07) is 17.5. The van der Waals surface area contributed by atoms with Crippen molar-refractivity contribution in [2.75, 3.05) is 38.9 Å². The van der Waals surface area contributed by atoms with Crippen molar-refractivity contribution in [2.24, 2.45) is 5.92 Å². The van der Waals surface area contributed by atoms with E-state index >= 15 is 0 Å². The average molecular weight is 587 g/mol. The topological polar surface area (TPSA) is 86.3 Å². The van der Waals surface area contributed by atoms with Gasteiger partial charge in [0.25, 0.3) is 0 Å². The lowest BCUT2D eigenvalue weighted by Crippen LogP contribution is -2.35. The maximum atomic E-state index is 13.8. The number of hydrogen-bond acceptors (Lipinski definition) is 7. The summed E-state index contributed by atoms with van der Waals surface area (Å²) in [7, 11) is 1.63. The van der Waals surface area contributed by atoms with Crippen LogP contribution < -0.4 is 19.5 Å². The molecule has 0 bridgehead atoms. The number of rotatable bonds is 11. The van der Waals surface area contributed by atoms with Crippen LogP contribution in [-0.2, 0) is 33.6 Å². The second-order valence-corrected chi connectivity index (χ2v) is 11.0. The third-order valence-corrected chi connectivity index (χ3v) is 8.58. The van der Waals surface area contributed by atoms with Crippen molar-refractivity contribution in [1.29, 1.82) is 0 Å². The van der Waals surface area contributed by atoms with Gasteiger partial charge in [-0.15, -0.1) is 0 Å². The van der Waals surface area contributed by atoms with Gasteiger partial charge in [0.1, 0.15) is 5.75 Å². The fraction of sp³-hybridized carbons (Fsp3) is 0.429. The van der Waals surface area contributed by atoms with Crippen molar-refractivity contribution < 1.29 is 28.5 Å². The van der Waals surface area contributed by atoms with E-state index in [-0.39, 0.29) is 43.8 Å². The number of benzene rings is 3. The molecule has 2 aliphatic rings. The van der Waals surface area contributed by atoms with E-state index < -0.39 is 5.92 Å². The molecule has 0 radical (unpaired) electrons. The van der Waals surface area contributed by atoms with Crippen molar-refractivity contribution in [3.05, 3.63) is 82.4 Å². The standard InChI is InChI=1S/C35H42N2O6/c1-6-22-16-23(7-2)33(24(8-3)17-22)36-31(38)20-37-19-28(26-12-15-29-30(18-26)43-21-42-29)32(35(39)41-9-4)34(37)25-10-13-27(40-5)14-11-25/h10-18,28,32,34H,6-9,19-21H2,1-5H3,(H,36,38). The Morgan fingerprint density at radius 2 is 1.56 bits per heavy atom. The monoisotopic (exact) mass is 586 g/mol. The molecule has 1 fully saturated rings. The van der Waals surface area contributed by atoms with Gasteiger partial charge in [0.15, 0.2) is 11.5 Å². The van der Waals surface area contributed by atoms with Crippen LogP contribution in [0.15, 0.2) is 54.6 Å². The van der Waals surface area contributed by atoms with Gasteiger partial charge in [-0.05, 0) is 78.3 Å². The zero-order valence-corrected chi connectivity index (χ0v) is 25.8. The van der Waals surface area contributed by atoms with Gasteiger partial charge in [0, 0.05) is 24.2 Å². The smallest absolute Gasteiger partial charge is 0.311 e. The van der Waals surface area contributed by atoms with Crippen LogP contribution >= 0.6 is 0 Å². The summed E-state index contributed by atoms with van der Waals surface area (Å²) in [6.45, 7) is 9.25.